The normalized spacial score (nSPS) is 12.5. The Morgan fingerprint density at radius 2 is 2.47 bits per heavy atom. The average molecular weight is 248 g/mol. The number of halogens is 1. The molecule has 0 aliphatic heterocycles. The van der Waals surface area contributed by atoms with Gasteiger partial charge in [0.05, 0.1) is 11.9 Å². The van der Waals surface area contributed by atoms with E-state index in [1.807, 2.05) is 6.92 Å². The van der Waals surface area contributed by atoms with E-state index in [1.165, 1.54) is 6.20 Å². The summed E-state index contributed by atoms with van der Waals surface area (Å²) in [5.41, 5.74) is 0.229. The predicted octanol–water partition coefficient (Wildman–Crippen LogP) is 1.98. The second-order valence-corrected chi connectivity index (χ2v) is 4.62. The van der Waals surface area contributed by atoms with Gasteiger partial charge in [0.25, 0.3) is 5.56 Å². The summed E-state index contributed by atoms with van der Waals surface area (Å²) in [5.74, 6) is 1.07. The second-order valence-electron chi connectivity index (χ2n) is 3.25. The molecular weight excluding hydrogens is 234 g/mol. The summed E-state index contributed by atoms with van der Waals surface area (Å²) in [5, 5.41) is 9.29. The van der Waals surface area contributed by atoms with E-state index in [2.05, 4.69) is 21.8 Å². The Bertz CT molecular complexity index is 369. The van der Waals surface area contributed by atoms with Crippen LogP contribution in [0.4, 0.5) is 5.69 Å². The monoisotopic (exact) mass is 247 g/mol. The molecule has 1 rings (SSSR count). The molecule has 1 aromatic rings. The van der Waals surface area contributed by atoms with Gasteiger partial charge in [-0.2, -0.15) is 16.9 Å². The Morgan fingerprint density at radius 3 is 3.13 bits per heavy atom. The van der Waals surface area contributed by atoms with Crippen LogP contribution < -0.4 is 10.9 Å². The number of H-pyrrole nitrogens is 1. The molecule has 1 unspecified atom stereocenters. The van der Waals surface area contributed by atoms with Crippen LogP contribution in [0, 0.1) is 0 Å². The van der Waals surface area contributed by atoms with Crippen LogP contribution in [0.15, 0.2) is 11.0 Å². The Hall–Kier alpha value is -0.680. The molecule has 2 N–H and O–H groups in total. The van der Waals surface area contributed by atoms with Crippen molar-refractivity contribution in [3.8, 4) is 0 Å². The third kappa shape index (κ3) is 3.76. The Kier molecular flexibility index (Phi) is 4.98. The van der Waals surface area contributed by atoms with Crippen LogP contribution in [-0.2, 0) is 0 Å². The fourth-order valence-corrected chi connectivity index (χ4v) is 1.85. The first-order chi connectivity index (χ1) is 7.15. The van der Waals surface area contributed by atoms with Gasteiger partial charge in [-0.05, 0) is 25.4 Å². The third-order valence-corrected chi connectivity index (χ3v) is 2.97. The number of anilines is 1. The molecule has 0 radical (unpaired) electrons. The number of aromatic amines is 1. The maximum Gasteiger partial charge on any atom is 0.285 e. The highest BCUT2D eigenvalue weighted by Gasteiger charge is 2.07. The van der Waals surface area contributed by atoms with Crippen LogP contribution in [0.2, 0.25) is 5.02 Å². The number of rotatable bonds is 5. The maximum atomic E-state index is 11.1. The van der Waals surface area contributed by atoms with Crippen molar-refractivity contribution in [1.29, 1.82) is 0 Å². The highest BCUT2D eigenvalue weighted by molar-refractivity contribution is 7.98. The minimum atomic E-state index is -0.362. The molecule has 0 aromatic carbocycles. The molecule has 0 aliphatic rings. The van der Waals surface area contributed by atoms with E-state index in [0.717, 1.165) is 12.2 Å². The van der Waals surface area contributed by atoms with Gasteiger partial charge < -0.3 is 5.32 Å². The molecule has 1 atom stereocenters. The van der Waals surface area contributed by atoms with Gasteiger partial charge in [0.15, 0.2) is 0 Å². The molecule has 0 saturated heterocycles. The molecule has 84 valence electrons. The molecule has 1 heterocycles. The number of nitrogens with one attached hydrogen (secondary N) is 2. The quantitative estimate of drug-likeness (QED) is 0.836. The number of hydrogen-bond acceptors (Lipinski definition) is 4. The maximum absolute atomic E-state index is 11.1. The van der Waals surface area contributed by atoms with Crippen molar-refractivity contribution in [3.63, 3.8) is 0 Å². The molecule has 0 amide bonds. The van der Waals surface area contributed by atoms with Crippen LogP contribution in [0.1, 0.15) is 13.3 Å². The standard InChI is InChI=1S/C9H14ClN3OS/c1-6(3-4-15-2)12-7-5-11-13-9(14)8(7)10/h5-6H,3-4H2,1-2H3,(H2,12,13,14). The average Bonchev–Trinajstić information content (AvgIpc) is 2.22. The van der Waals surface area contributed by atoms with E-state index in [1.54, 1.807) is 11.8 Å². The predicted molar refractivity (Wildman–Crippen MR) is 66.0 cm³/mol. The van der Waals surface area contributed by atoms with Gasteiger partial charge in [0, 0.05) is 6.04 Å². The Labute approximate surface area is 97.8 Å². The SMILES string of the molecule is CSCCC(C)Nc1cn[nH]c(=O)c1Cl. The number of hydrogen-bond donors (Lipinski definition) is 2. The summed E-state index contributed by atoms with van der Waals surface area (Å²) in [4.78, 5) is 11.1. The number of aromatic nitrogens is 2. The van der Waals surface area contributed by atoms with Crippen molar-refractivity contribution in [2.24, 2.45) is 0 Å². The zero-order chi connectivity index (χ0) is 11.3. The van der Waals surface area contributed by atoms with E-state index in [4.69, 9.17) is 11.6 Å². The molecule has 15 heavy (non-hydrogen) atoms. The van der Waals surface area contributed by atoms with Crippen molar-refractivity contribution in [2.45, 2.75) is 19.4 Å². The molecule has 0 aliphatic carbocycles. The van der Waals surface area contributed by atoms with Crippen molar-refractivity contribution in [3.05, 3.63) is 21.6 Å². The van der Waals surface area contributed by atoms with Gasteiger partial charge in [0.2, 0.25) is 0 Å². The van der Waals surface area contributed by atoms with Crippen LogP contribution in [0.3, 0.4) is 0 Å². The lowest BCUT2D eigenvalue weighted by Gasteiger charge is -2.14. The molecule has 0 bridgehead atoms. The Balaban J connectivity index is 2.64. The van der Waals surface area contributed by atoms with Crippen molar-refractivity contribution >= 4 is 29.1 Å². The van der Waals surface area contributed by atoms with Crippen molar-refractivity contribution in [1.82, 2.24) is 10.2 Å². The molecule has 0 spiro atoms. The zero-order valence-electron chi connectivity index (χ0n) is 8.71. The number of thioether (sulfide) groups is 1. The van der Waals surface area contributed by atoms with E-state index >= 15 is 0 Å². The van der Waals surface area contributed by atoms with E-state index in [-0.39, 0.29) is 16.6 Å². The summed E-state index contributed by atoms with van der Waals surface area (Å²) in [6.07, 6.45) is 4.61. The van der Waals surface area contributed by atoms with Gasteiger partial charge in [-0.1, -0.05) is 11.6 Å². The lowest BCUT2D eigenvalue weighted by atomic mass is 10.2. The van der Waals surface area contributed by atoms with Crippen LogP contribution in [0.25, 0.3) is 0 Å². The summed E-state index contributed by atoms with van der Waals surface area (Å²) >= 11 is 7.61. The summed E-state index contributed by atoms with van der Waals surface area (Å²) in [6, 6.07) is 0.276. The minimum Gasteiger partial charge on any atom is -0.380 e. The number of nitrogens with zero attached hydrogens (tertiary/aromatic N) is 1. The molecule has 0 fully saturated rings. The van der Waals surface area contributed by atoms with Gasteiger partial charge in [-0.3, -0.25) is 4.79 Å². The highest BCUT2D eigenvalue weighted by atomic mass is 35.5. The van der Waals surface area contributed by atoms with Gasteiger partial charge in [0.1, 0.15) is 5.02 Å². The zero-order valence-corrected chi connectivity index (χ0v) is 10.3. The van der Waals surface area contributed by atoms with Crippen LogP contribution in [0.5, 0.6) is 0 Å². The fraction of sp³-hybridized carbons (Fsp3) is 0.556. The summed E-state index contributed by atoms with van der Waals surface area (Å²) in [6.45, 7) is 2.05. The van der Waals surface area contributed by atoms with Gasteiger partial charge >= 0.3 is 0 Å². The van der Waals surface area contributed by atoms with E-state index in [9.17, 15) is 4.79 Å². The highest BCUT2D eigenvalue weighted by Crippen LogP contribution is 2.16. The van der Waals surface area contributed by atoms with E-state index < -0.39 is 0 Å². The van der Waals surface area contributed by atoms with Gasteiger partial charge in [-0.25, -0.2) is 5.10 Å². The molecule has 4 nitrogen and oxygen atoms in total. The molecule has 0 saturated carbocycles. The first kappa shape index (κ1) is 12.4. The fourth-order valence-electron chi connectivity index (χ4n) is 1.12. The third-order valence-electron chi connectivity index (χ3n) is 1.95. The van der Waals surface area contributed by atoms with E-state index in [0.29, 0.717) is 5.69 Å². The topological polar surface area (TPSA) is 57.8 Å². The first-order valence-electron chi connectivity index (χ1n) is 4.63. The first-order valence-corrected chi connectivity index (χ1v) is 6.41. The van der Waals surface area contributed by atoms with Crippen molar-refractivity contribution < 1.29 is 0 Å². The summed E-state index contributed by atoms with van der Waals surface area (Å²) < 4.78 is 0. The lowest BCUT2D eigenvalue weighted by Crippen LogP contribution is -2.19. The van der Waals surface area contributed by atoms with Crippen LogP contribution >= 0.6 is 23.4 Å². The molecule has 6 heteroatoms. The minimum absolute atomic E-state index is 0.168. The molecular formula is C9H14ClN3OS. The van der Waals surface area contributed by atoms with Gasteiger partial charge in [-0.15, -0.1) is 0 Å². The molecule has 1 aromatic heterocycles. The Morgan fingerprint density at radius 1 is 1.73 bits per heavy atom. The largest absolute Gasteiger partial charge is 0.380 e. The lowest BCUT2D eigenvalue weighted by molar-refractivity contribution is 0.769. The van der Waals surface area contributed by atoms with Crippen molar-refractivity contribution in [2.75, 3.05) is 17.3 Å². The summed E-state index contributed by atoms with van der Waals surface area (Å²) in [7, 11) is 0. The second kappa shape index (κ2) is 6.02. The smallest absolute Gasteiger partial charge is 0.285 e. The van der Waals surface area contributed by atoms with Crippen LogP contribution in [-0.4, -0.2) is 28.2 Å².